The fraction of sp³-hybridized carbons (Fsp3) is 0.300. The molecule has 0 saturated heterocycles. The molecular formula is C20H21N3O. The Kier molecular flexibility index (Phi) is 3.41. The molecule has 0 radical (unpaired) electrons. The van der Waals surface area contributed by atoms with Crippen molar-refractivity contribution in [2.45, 2.75) is 32.7 Å². The average molecular weight is 319 g/mol. The molecule has 122 valence electrons. The highest BCUT2D eigenvalue weighted by molar-refractivity contribution is 6.01. The van der Waals surface area contributed by atoms with E-state index in [9.17, 15) is 4.79 Å². The molecule has 1 aromatic heterocycles. The first-order valence-corrected chi connectivity index (χ1v) is 8.32. The second kappa shape index (κ2) is 5.48. The van der Waals surface area contributed by atoms with E-state index >= 15 is 0 Å². The zero-order valence-electron chi connectivity index (χ0n) is 14.0. The van der Waals surface area contributed by atoms with Gasteiger partial charge in [-0.15, -0.1) is 0 Å². The lowest BCUT2D eigenvalue weighted by atomic mass is 9.73. The first-order chi connectivity index (χ1) is 11.5. The third kappa shape index (κ3) is 2.58. The summed E-state index contributed by atoms with van der Waals surface area (Å²) < 4.78 is 0. The fourth-order valence-corrected chi connectivity index (χ4v) is 3.69. The van der Waals surface area contributed by atoms with Crippen LogP contribution in [0.25, 0.3) is 0 Å². The Labute approximate surface area is 142 Å². The van der Waals surface area contributed by atoms with Gasteiger partial charge in [-0.3, -0.25) is 9.78 Å². The van der Waals surface area contributed by atoms with Gasteiger partial charge in [0.2, 0.25) is 0 Å². The fourth-order valence-electron chi connectivity index (χ4n) is 3.69. The van der Waals surface area contributed by atoms with Gasteiger partial charge in [0, 0.05) is 30.1 Å². The van der Waals surface area contributed by atoms with Crippen LogP contribution >= 0.6 is 0 Å². The number of carbonyl (C=O) groups excluding carboxylic acids is 1. The molecule has 0 bridgehead atoms. The van der Waals surface area contributed by atoms with Gasteiger partial charge in [0.1, 0.15) is 0 Å². The zero-order valence-corrected chi connectivity index (χ0v) is 14.0. The Morgan fingerprint density at radius 1 is 1.08 bits per heavy atom. The third-order valence-corrected chi connectivity index (χ3v) is 4.74. The molecular weight excluding hydrogens is 298 g/mol. The molecule has 4 nitrogen and oxygen atoms in total. The largest absolute Gasteiger partial charge is 0.372 e. The lowest BCUT2D eigenvalue weighted by Gasteiger charge is -2.34. The molecule has 2 heterocycles. The van der Waals surface area contributed by atoms with E-state index in [1.807, 2.05) is 42.6 Å². The van der Waals surface area contributed by atoms with Crippen molar-refractivity contribution in [3.8, 4) is 0 Å². The number of hydrogen-bond donors (Lipinski definition) is 2. The molecule has 2 aromatic rings. The van der Waals surface area contributed by atoms with Gasteiger partial charge in [-0.2, -0.15) is 0 Å². The molecule has 0 fully saturated rings. The first-order valence-electron chi connectivity index (χ1n) is 8.32. The van der Waals surface area contributed by atoms with E-state index < -0.39 is 0 Å². The van der Waals surface area contributed by atoms with Crippen LogP contribution in [-0.4, -0.2) is 10.8 Å². The first kappa shape index (κ1) is 14.9. The maximum absolute atomic E-state index is 13.0. The summed E-state index contributed by atoms with van der Waals surface area (Å²) in [6.07, 6.45) is 5.03. The number of anilines is 2. The van der Waals surface area contributed by atoms with E-state index in [0.29, 0.717) is 6.42 Å². The molecule has 1 unspecified atom stereocenters. The third-order valence-electron chi connectivity index (χ3n) is 4.74. The molecule has 24 heavy (non-hydrogen) atoms. The van der Waals surface area contributed by atoms with E-state index in [1.165, 1.54) is 0 Å². The van der Waals surface area contributed by atoms with Gasteiger partial charge in [-0.1, -0.05) is 32.0 Å². The van der Waals surface area contributed by atoms with E-state index in [1.54, 1.807) is 6.20 Å². The number of fused-ring (bicyclic) bond motifs is 1. The molecule has 1 aliphatic carbocycles. The van der Waals surface area contributed by atoms with Crippen LogP contribution in [0.4, 0.5) is 11.4 Å². The quantitative estimate of drug-likeness (QED) is 0.822. The van der Waals surface area contributed by atoms with Crippen LogP contribution in [0.3, 0.4) is 0 Å². The maximum Gasteiger partial charge on any atom is 0.163 e. The van der Waals surface area contributed by atoms with Gasteiger partial charge in [0.05, 0.1) is 17.4 Å². The number of hydrogen-bond acceptors (Lipinski definition) is 4. The van der Waals surface area contributed by atoms with Crippen LogP contribution < -0.4 is 10.6 Å². The van der Waals surface area contributed by atoms with Crippen LogP contribution in [0.5, 0.6) is 0 Å². The van der Waals surface area contributed by atoms with Crippen LogP contribution in [0.2, 0.25) is 0 Å². The minimum absolute atomic E-state index is 0.0261. The Hall–Kier alpha value is -2.62. The van der Waals surface area contributed by atoms with Gasteiger partial charge < -0.3 is 10.6 Å². The van der Waals surface area contributed by atoms with Crippen molar-refractivity contribution in [2.75, 3.05) is 10.6 Å². The van der Waals surface area contributed by atoms with E-state index in [-0.39, 0.29) is 17.2 Å². The van der Waals surface area contributed by atoms with E-state index in [2.05, 4.69) is 29.5 Å². The summed E-state index contributed by atoms with van der Waals surface area (Å²) in [5.41, 5.74) is 4.88. The number of nitrogens with zero attached hydrogens (tertiary/aromatic N) is 1. The molecule has 4 rings (SSSR count). The number of para-hydroxylation sites is 2. The van der Waals surface area contributed by atoms with Gasteiger partial charge in [-0.25, -0.2) is 0 Å². The number of ketones is 1. The Morgan fingerprint density at radius 2 is 1.88 bits per heavy atom. The van der Waals surface area contributed by atoms with Crippen molar-refractivity contribution in [1.29, 1.82) is 0 Å². The summed E-state index contributed by atoms with van der Waals surface area (Å²) >= 11 is 0. The monoisotopic (exact) mass is 319 g/mol. The van der Waals surface area contributed by atoms with Crippen molar-refractivity contribution in [1.82, 2.24) is 4.98 Å². The number of rotatable bonds is 1. The Bertz CT molecular complexity index is 824. The minimum atomic E-state index is -0.173. The van der Waals surface area contributed by atoms with Gasteiger partial charge in [-0.05, 0) is 35.6 Å². The Balaban J connectivity index is 1.89. The van der Waals surface area contributed by atoms with Crippen LogP contribution in [0, 0.1) is 5.41 Å². The van der Waals surface area contributed by atoms with Gasteiger partial charge in [0.25, 0.3) is 0 Å². The highest BCUT2D eigenvalue weighted by atomic mass is 16.1. The summed E-state index contributed by atoms with van der Waals surface area (Å²) in [6, 6.07) is 11.9. The number of allylic oxidation sites excluding steroid dienone is 1. The van der Waals surface area contributed by atoms with Crippen LogP contribution in [0.1, 0.15) is 38.3 Å². The molecule has 1 aromatic carbocycles. The molecule has 2 N–H and O–H groups in total. The number of carbonyl (C=O) groups is 1. The number of aromatic nitrogens is 1. The van der Waals surface area contributed by atoms with E-state index in [4.69, 9.17) is 0 Å². The smallest absolute Gasteiger partial charge is 0.163 e. The topological polar surface area (TPSA) is 54.0 Å². The number of benzene rings is 1. The predicted octanol–water partition coefficient (Wildman–Crippen LogP) is 4.30. The summed E-state index contributed by atoms with van der Waals surface area (Å²) in [5.74, 6) is 0.211. The summed E-state index contributed by atoms with van der Waals surface area (Å²) in [7, 11) is 0. The highest BCUT2D eigenvalue weighted by Gasteiger charge is 2.38. The minimum Gasteiger partial charge on any atom is -0.372 e. The molecule has 0 saturated carbocycles. The SMILES string of the molecule is CC1(C)CC(=O)C2=C(C1)Nc1ccccc1NC2c1cccnc1. The molecule has 0 amide bonds. The molecule has 1 aliphatic heterocycles. The molecule has 2 aliphatic rings. The van der Waals surface area contributed by atoms with Crippen LogP contribution in [-0.2, 0) is 4.79 Å². The van der Waals surface area contributed by atoms with Crippen molar-refractivity contribution >= 4 is 17.2 Å². The van der Waals surface area contributed by atoms with Crippen molar-refractivity contribution in [3.05, 3.63) is 65.6 Å². The highest BCUT2D eigenvalue weighted by Crippen LogP contribution is 2.45. The van der Waals surface area contributed by atoms with Crippen LogP contribution in [0.15, 0.2) is 60.1 Å². The van der Waals surface area contributed by atoms with E-state index in [0.717, 1.165) is 34.6 Å². The molecule has 1 atom stereocenters. The maximum atomic E-state index is 13.0. The summed E-state index contributed by atoms with van der Waals surface area (Å²) in [4.78, 5) is 17.2. The normalized spacial score (nSPS) is 21.9. The number of Topliss-reactive ketones (excluding diaryl/α,β-unsaturated/α-hetero) is 1. The Morgan fingerprint density at radius 3 is 2.62 bits per heavy atom. The predicted molar refractivity (Wildman–Crippen MR) is 95.7 cm³/mol. The molecule has 4 heteroatoms. The van der Waals surface area contributed by atoms with Crippen molar-refractivity contribution < 1.29 is 4.79 Å². The summed E-state index contributed by atoms with van der Waals surface area (Å²) in [5, 5.41) is 7.07. The zero-order chi connectivity index (χ0) is 16.7. The molecule has 0 spiro atoms. The lowest BCUT2D eigenvalue weighted by molar-refractivity contribution is -0.118. The number of nitrogens with one attached hydrogen (secondary N) is 2. The standard InChI is InChI=1S/C20H21N3O/c1-20(2)10-16-18(17(24)11-20)19(13-6-5-9-21-12-13)23-15-8-4-3-7-14(15)22-16/h3-9,12,19,22-23H,10-11H2,1-2H3. The summed E-state index contributed by atoms with van der Waals surface area (Å²) in [6.45, 7) is 4.30. The second-order valence-electron chi connectivity index (χ2n) is 7.37. The van der Waals surface area contributed by atoms with Crippen molar-refractivity contribution in [3.63, 3.8) is 0 Å². The second-order valence-corrected chi connectivity index (χ2v) is 7.37. The van der Waals surface area contributed by atoms with Gasteiger partial charge in [0.15, 0.2) is 5.78 Å². The van der Waals surface area contributed by atoms with Crippen molar-refractivity contribution in [2.24, 2.45) is 5.41 Å². The average Bonchev–Trinajstić information content (AvgIpc) is 2.70. The lowest BCUT2D eigenvalue weighted by Crippen LogP contribution is -2.31. The van der Waals surface area contributed by atoms with Gasteiger partial charge >= 0.3 is 0 Å². The number of pyridine rings is 1.